The number of aryl methyl sites for hydroxylation is 2. The highest BCUT2D eigenvalue weighted by Crippen LogP contribution is 2.22. The molecule has 1 aromatic carbocycles. The van der Waals surface area contributed by atoms with E-state index in [9.17, 15) is 9.59 Å². The maximum Gasteiger partial charge on any atom is 0.254 e. The van der Waals surface area contributed by atoms with Crippen LogP contribution in [0.2, 0.25) is 0 Å². The number of aromatic nitrogens is 3. The minimum Gasteiger partial charge on any atom is -0.445 e. The van der Waals surface area contributed by atoms with Gasteiger partial charge in [-0.05, 0) is 12.5 Å². The number of aromatic amines is 1. The van der Waals surface area contributed by atoms with E-state index in [1.165, 1.54) is 0 Å². The summed E-state index contributed by atoms with van der Waals surface area (Å²) < 4.78 is 5.91. The smallest absolute Gasteiger partial charge is 0.254 e. The molecule has 3 aromatic rings. The molecule has 0 spiro atoms. The van der Waals surface area contributed by atoms with Crippen LogP contribution in [-0.2, 0) is 37.0 Å². The molecule has 0 bridgehead atoms. The predicted octanol–water partition coefficient (Wildman–Crippen LogP) is 2.35. The molecule has 150 valence electrons. The van der Waals surface area contributed by atoms with Gasteiger partial charge in [-0.3, -0.25) is 9.59 Å². The molecule has 7 nitrogen and oxygen atoms in total. The summed E-state index contributed by atoms with van der Waals surface area (Å²) in [5.74, 6) is 2.06. The summed E-state index contributed by atoms with van der Waals surface area (Å²) in [6.07, 6.45) is 1.95. The molecule has 0 unspecified atom stereocenters. The van der Waals surface area contributed by atoms with Crippen molar-refractivity contribution in [3.8, 4) is 0 Å². The highest BCUT2D eigenvalue weighted by Gasteiger charge is 2.26. The third-order valence-electron chi connectivity index (χ3n) is 5.26. The van der Waals surface area contributed by atoms with Crippen LogP contribution in [0.15, 0.2) is 39.5 Å². The van der Waals surface area contributed by atoms with Crippen LogP contribution in [-0.4, -0.2) is 32.3 Å². The number of hydrogen-bond donors (Lipinski definition) is 1. The zero-order valence-electron chi connectivity index (χ0n) is 16.7. The Morgan fingerprint density at radius 2 is 2.03 bits per heavy atom. The Balaban J connectivity index is 1.46. The zero-order valence-corrected chi connectivity index (χ0v) is 16.7. The highest BCUT2D eigenvalue weighted by atomic mass is 16.4. The van der Waals surface area contributed by atoms with Crippen molar-refractivity contribution in [1.82, 2.24) is 19.9 Å². The van der Waals surface area contributed by atoms with Gasteiger partial charge in [-0.2, -0.15) is 0 Å². The fourth-order valence-electron chi connectivity index (χ4n) is 3.62. The predicted molar refractivity (Wildman–Crippen MR) is 108 cm³/mol. The van der Waals surface area contributed by atoms with Gasteiger partial charge in [-0.15, -0.1) is 0 Å². The molecule has 29 heavy (non-hydrogen) atoms. The molecule has 1 aliphatic rings. The normalized spacial score (nSPS) is 13.4. The second-order valence-corrected chi connectivity index (χ2v) is 7.31. The molecule has 0 fully saturated rings. The van der Waals surface area contributed by atoms with E-state index in [1.807, 2.05) is 37.3 Å². The van der Waals surface area contributed by atoms with Gasteiger partial charge >= 0.3 is 0 Å². The molecule has 2 aromatic heterocycles. The Hall–Kier alpha value is -3.22. The Kier molecular flexibility index (Phi) is 5.29. The van der Waals surface area contributed by atoms with Crippen molar-refractivity contribution in [1.29, 1.82) is 0 Å². The van der Waals surface area contributed by atoms with Gasteiger partial charge < -0.3 is 14.3 Å². The van der Waals surface area contributed by atoms with E-state index in [0.29, 0.717) is 55.3 Å². The van der Waals surface area contributed by atoms with Crippen molar-refractivity contribution in [3.05, 3.63) is 80.7 Å². The minimum atomic E-state index is -0.230. The summed E-state index contributed by atoms with van der Waals surface area (Å²) in [5.41, 5.74) is 2.76. The van der Waals surface area contributed by atoms with E-state index in [2.05, 4.69) is 15.0 Å². The number of fused-ring (bicyclic) bond motifs is 1. The molecular formula is C22H24N4O3. The molecule has 4 rings (SSSR count). The SMILES string of the molecule is CCc1nc(C)c(CC(=O)N2CCc3oc(Cc4ccccc4)nc3C2)c(=O)[nH]1. The lowest BCUT2D eigenvalue weighted by Crippen LogP contribution is -2.38. The van der Waals surface area contributed by atoms with Crippen LogP contribution in [0.5, 0.6) is 0 Å². The lowest BCUT2D eigenvalue weighted by molar-refractivity contribution is -0.131. The summed E-state index contributed by atoms with van der Waals surface area (Å²) >= 11 is 0. The average molecular weight is 392 g/mol. The first-order valence-corrected chi connectivity index (χ1v) is 9.91. The van der Waals surface area contributed by atoms with Crippen molar-refractivity contribution >= 4 is 5.91 Å². The number of carbonyl (C=O) groups is 1. The van der Waals surface area contributed by atoms with Gasteiger partial charge in [0.2, 0.25) is 5.91 Å². The molecule has 1 N–H and O–H groups in total. The molecule has 1 amide bonds. The molecule has 0 aliphatic carbocycles. The van der Waals surface area contributed by atoms with Crippen molar-refractivity contribution in [2.24, 2.45) is 0 Å². The van der Waals surface area contributed by atoms with Gasteiger partial charge in [0.05, 0.1) is 13.0 Å². The number of hydrogen-bond acceptors (Lipinski definition) is 5. The third-order valence-corrected chi connectivity index (χ3v) is 5.26. The number of amides is 1. The molecular weight excluding hydrogens is 368 g/mol. The summed E-state index contributed by atoms with van der Waals surface area (Å²) in [6.45, 7) is 4.67. The summed E-state index contributed by atoms with van der Waals surface area (Å²) in [4.78, 5) is 38.6. The van der Waals surface area contributed by atoms with Crippen LogP contribution < -0.4 is 5.56 Å². The van der Waals surface area contributed by atoms with E-state index in [4.69, 9.17) is 4.42 Å². The Morgan fingerprint density at radius 3 is 2.76 bits per heavy atom. The van der Waals surface area contributed by atoms with E-state index in [-0.39, 0.29) is 17.9 Å². The summed E-state index contributed by atoms with van der Waals surface area (Å²) in [7, 11) is 0. The van der Waals surface area contributed by atoms with E-state index in [0.717, 1.165) is 17.0 Å². The molecule has 3 heterocycles. The van der Waals surface area contributed by atoms with Crippen LogP contribution in [0.3, 0.4) is 0 Å². The monoisotopic (exact) mass is 392 g/mol. The lowest BCUT2D eigenvalue weighted by Gasteiger charge is -2.25. The first kappa shape index (κ1) is 19.1. The highest BCUT2D eigenvalue weighted by molar-refractivity contribution is 5.79. The topological polar surface area (TPSA) is 92.1 Å². The van der Waals surface area contributed by atoms with Gasteiger partial charge in [-0.25, -0.2) is 9.97 Å². The molecule has 0 saturated heterocycles. The van der Waals surface area contributed by atoms with E-state index >= 15 is 0 Å². The fraction of sp³-hybridized carbons (Fsp3) is 0.364. The van der Waals surface area contributed by atoms with Crippen molar-refractivity contribution in [3.63, 3.8) is 0 Å². The van der Waals surface area contributed by atoms with E-state index < -0.39 is 0 Å². The Morgan fingerprint density at radius 1 is 1.24 bits per heavy atom. The largest absolute Gasteiger partial charge is 0.445 e. The average Bonchev–Trinajstić information content (AvgIpc) is 3.12. The first-order chi connectivity index (χ1) is 14.0. The van der Waals surface area contributed by atoms with Gasteiger partial charge in [0.15, 0.2) is 5.89 Å². The number of oxazole rings is 1. The molecule has 1 aliphatic heterocycles. The lowest BCUT2D eigenvalue weighted by atomic mass is 10.1. The van der Waals surface area contributed by atoms with Crippen molar-refractivity contribution < 1.29 is 9.21 Å². The maximum absolute atomic E-state index is 12.8. The van der Waals surface area contributed by atoms with Crippen LogP contribution in [0.4, 0.5) is 0 Å². The molecule has 0 saturated carbocycles. The number of benzene rings is 1. The maximum atomic E-state index is 12.8. The fourth-order valence-corrected chi connectivity index (χ4v) is 3.62. The van der Waals surface area contributed by atoms with Crippen molar-refractivity contribution in [2.75, 3.05) is 6.54 Å². The summed E-state index contributed by atoms with van der Waals surface area (Å²) in [5, 5.41) is 0. The van der Waals surface area contributed by atoms with Crippen LogP contribution in [0.25, 0.3) is 0 Å². The zero-order chi connectivity index (χ0) is 20.4. The Labute approximate surface area is 168 Å². The number of nitrogens with one attached hydrogen (secondary N) is 1. The minimum absolute atomic E-state index is 0.0439. The van der Waals surface area contributed by atoms with Crippen LogP contribution in [0, 0.1) is 6.92 Å². The van der Waals surface area contributed by atoms with Crippen LogP contribution in [0.1, 0.15) is 46.9 Å². The third kappa shape index (κ3) is 4.13. The number of rotatable bonds is 5. The van der Waals surface area contributed by atoms with Gasteiger partial charge in [-0.1, -0.05) is 37.3 Å². The standard InChI is InChI=1S/C22H24N4O3/c1-3-19-23-14(2)16(22(28)25-19)12-21(27)26-10-9-18-17(13-26)24-20(29-18)11-15-7-5-4-6-8-15/h4-8H,3,9-13H2,1-2H3,(H,23,25,28). The number of carbonyl (C=O) groups excluding carboxylic acids is 1. The molecule has 7 heteroatoms. The van der Waals surface area contributed by atoms with Crippen molar-refractivity contribution in [2.45, 2.75) is 46.1 Å². The van der Waals surface area contributed by atoms with Gasteiger partial charge in [0, 0.05) is 37.1 Å². The second kappa shape index (κ2) is 8.03. The van der Waals surface area contributed by atoms with Gasteiger partial charge in [0.1, 0.15) is 17.3 Å². The Bertz CT molecular complexity index is 1090. The van der Waals surface area contributed by atoms with Crippen LogP contribution >= 0.6 is 0 Å². The first-order valence-electron chi connectivity index (χ1n) is 9.91. The quantitative estimate of drug-likeness (QED) is 0.720. The number of H-pyrrole nitrogens is 1. The van der Waals surface area contributed by atoms with E-state index in [1.54, 1.807) is 11.8 Å². The molecule has 0 radical (unpaired) electrons. The van der Waals surface area contributed by atoms with Gasteiger partial charge in [0.25, 0.3) is 5.56 Å². The number of nitrogens with zero attached hydrogens (tertiary/aromatic N) is 3. The summed E-state index contributed by atoms with van der Waals surface area (Å²) in [6, 6.07) is 10.0. The second-order valence-electron chi connectivity index (χ2n) is 7.31. The molecule has 0 atom stereocenters.